The summed E-state index contributed by atoms with van der Waals surface area (Å²) in [4.78, 5) is 0. The summed E-state index contributed by atoms with van der Waals surface area (Å²) in [6.07, 6.45) is 7.51. The number of allylic oxidation sites excluding steroid dienone is 4. The van der Waals surface area contributed by atoms with Crippen LogP contribution in [0.4, 0.5) is 0 Å². The highest BCUT2D eigenvalue weighted by molar-refractivity contribution is 5.37. The molecule has 1 aliphatic carbocycles. The Bertz CT molecular complexity index is 517. The molecule has 0 amide bonds. The highest BCUT2D eigenvalue weighted by atomic mass is 16.3. The molecule has 0 aromatic heterocycles. The molecule has 140 valence electrons. The molecule has 0 saturated carbocycles. The Morgan fingerprint density at radius 2 is 1.33 bits per heavy atom. The third-order valence-corrected chi connectivity index (χ3v) is 5.76. The lowest BCUT2D eigenvalue weighted by Crippen LogP contribution is -2.42. The van der Waals surface area contributed by atoms with Crippen LogP contribution in [0.3, 0.4) is 0 Å². The lowest BCUT2D eigenvalue weighted by Gasteiger charge is -2.49. The Morgan fingerprint density at radius 1 is 0.875 bits per heavy atom. The highest BCUT2D eigenvalue weighted by Gasteiger charge is 2.48. The van der Waals surface area contributed by atoms with Crippen molar-refractivity contribution in [1.82, 2.24) is 0 Å². The van der Waals surface area contributed by atoms with Crippen LogP contribution in [0.1, 0.15) is 95.4 Å². The van der Waals surface area contributed by atoms with Gasteiger partial charge in [-0.3, -0.25) is 0 Å². The largest absolute Gasteiger partial charge is 0.511 e. The Kier molecular flexibility index (Phi) is 5.52. The topological polar surface area (TPSA) is 20.2 Å². The fourth-order valence-electron chi connectivity index (χ4n) is 4.97. The number of aliphatic hydroxyl groups excluding tert-OH is 1. The summed E-state index contributed by atoms with van der Waals surface area (Å²) in [5.74, 6) is 0.619. The zero-order chi connectivity index (χ0) is 19.2. The van der Waals surface area contributed by atoms with Crippen molar-refractivity contribution in [2.75, 3.05) is 0 Å². The maximum atomic E-state index is 11.4. The van der Waals surface area contributed by atoms with Crippen molar-refractivity contribution in [1.29, 1.82) is 0 Å². The second-order valence-electron chi connectivity index (χ2n) is 11.9. The van der Waals surface area contributed by atoms with E-state index in [2.05, 4.69) is 88.3 Å². The molecule has 0 aliphatic heterocycles. The van der Waals surface area contributed by atoms with Crippen molar-refractivity contribution >= 4 is 0 Å². The van der Waals surface area contributed by atoms with Crippen molar-refractivity contribution < 1.29 is 5.11 Å². The zero-order valence-corrected chi connectivity index (χ0v) is 18.2. The molecule has 1 aliphatic rings. The molecule has 1 heteroatoms. The predicted molar refractivity (Wildman–Crippen MR) is 107 cm³/mol. The van der Waals surface area contributed by atoms with Crippen LogP contribution in [0, 0.1) is 27.1 Å². The van der Waals surface area contributed by atoms with Crippen molar-refractivity contribution in [3.8, 4) is 0 Å². The average molecular weight is 335 g/mol. The Balaban J connectivity index is 3.34. The van der Waals surface area contributed by atoms with Gasteiger partial charge in [0.2, 0.25) is 0 Å². The van der Waals surface area contributed by atoms with Gasteiger partial charge in [0.05, 0.1) is 0 Å². The van der Waals surface area contributed by atoms with Crippen LogP contribution in [0.15, 0.2) is 23.5 Å². The Hall–Kier alpha value is -0.720. The lowest BCUT2D eigenvalue weighted by atomic mass is 9.55. The van der Waals surface area contributed by atoms with E-state index in [1.54, 1.807) is 0 Å². The molecular formula is C23H42O. The third kappa shape index (κ3) is 4.67. The molecule has 1 nitrogen and oxygen atoms in total. The summed E-state index contributed by atoms with van der Waals surface area (Å²) in [7, 11) is 0. The Labute approximate surface area is 151 Å². The van der Waals surface area contributed by atoms with Gasteiger partial charge >= 0.3 is 0 Å². The summed E-state index contributed by atoms with van der Waals surface area (Å²) in [5.41, 5.74) is 1.41. The monoisotopic (exact) mass is 334 g/mol. The molecule has 0 aromatic carbocycles. The van der Waals surface area contributed by atoms with E-state index in [0.29, 0.717) is 5.76 Å². The minimum atomic E-state index is -0.209. The van der Waals surface area contributed by atoms with Gasteiger partial charge in [0.15, 0.2) is 0 Å². The first-order chi connectivity index (χ1) is 10.4. The number of hydrogen-bond acceptors (Lipinski definition) is 1. The zero-order valence-electron chi connectivity index (χ0n) is 18.2. The average Bonchev–Trinajstić information content (AvgIpc) is 2.25. The first-order valence-electron chi connectivity index (χ1n) is 9.52. The summed E-state index contributed by atoms with van der Waals surface area (Å²) in [6.45, 7) is 25.2. The molecule has 1 atom stereocenters. The van der Waals surface area contributed by atoms with E-state index < -0.39 is 0 Å². The maximum absolute atomic E-state index is 11.4. The van der Waals surface area contributed by atoms with E-state index in [4.69, 9.17) is 0 Å². The van der Waals surface area contributed by atoms with Gasteiger partial charge in [0.25, 0.3) is 0 Å². The van der Waals surface area contributed by atoms with Gasteiger partial charge in [-0.25, -0.2) is 0 Å². The van der Waals surface area contributed by atoms with Crippen molar-refractivity contribution in [2.45, 2.75) is 95.4 Å². The molecule has 1 rings (SSSR count). The number of hydrogen-bond donors (Lipinski definition) is 1. The van der Waals surface area contributed by atoms with Crippen LogP contribution in [-0.2, 0) is 0 Å². The standard InChI is InChI=1S/C23H42O/c1-19(2,3)15-21(7,8)17-13-12-14-23(11,18(17)24)22(9,10)16-20(4,5)6/h12-13,24H,14-16H2,1-11H3. The van der Waals surface area contributed by atoms with E-state index in [-0.39, 0.29) is 27.1 Å². The summed E-state index contributed by atoms with van der Waals surface area (Å²) >= 11 is 0. The van der Waals surface area contributed by atoms with Crippen LogP contribution in [0.2, 0.25) is 0 Å². The maximum Gasteiger partial charge on any atom is 0.103 e. The molecule has 0 aromatic rings. The normalized spacial score (nSPS) is 23.8. The van der Waals surface area contributed by atoms with E-state index in [1.807, 2.05) is 0 Å². The fourth-order valence-corrected chi connectivity index (χ4v) is 4.97. The van der Waals surface area contributed by atoms with Gasteiger partial charge in [-0.2, -0.15) is 0 Å². The molecular weight excluding hydrogens is 292 g/mol. The molecule has 0 saturated heterocycles. The van der Waals surface area contributed by atoms with E-state index in [1.165, 1.54) is 0 Å². The SMILES string of the molecule is CC(C)(C)CC(C)(C)C1=C(O)C(C)(C(C)(C)CC(C)(C)C)CC=C1. The second-order valence-corrected chi connectivity index (χ2v) is 11.9. The summed E-state index contributed by atoms with van der Waals surface area (Å²) in [5, 5.41) is 11.4. The molecule has 0 bridgehead atoms. The van der Waals surface area contributed by atoms with Gasteiger partial charge in [0, 0.05) is 5.41 Å². The van der Waals surface area contributed by atoms with Gasteiger partial charge in [0.1, 0.15) is 5.76 Å². The van der Waals surface area contributed by atoms with Gasteiger partial charge in [-0.15, -0.1) is 0 Å². The van der Waals surface area contributed by atoms with Gasteiger partial charge in [-0.05, 0) is 46.5 Å². The first kappa shape index (κ1) is 21.3. The molecule has 0 radical (unpaired) electrons. The first-order valence-corrected chi connectivity index (χ1v) is 9.52. The minimum absolute atomic E-state index is 0.0294. The fraction of sp³-hybridized carbons (Fsp3) is 0.826. The van der Waals surface area contributed by atoms with Crippen LogP contribution >= 0.6 is 0 Å². The van der Waals surface area contributed by atoms with Crippen molar-refractivity contribution in [2.24, 2.45) is 27.1 Å². The summed E-state index contributed by atoms with van der Waals surface area (Å²) < 4.78 is 0. The second kappa shape index (κ2) is 6.22. The lowest BCUT2D eigenvalue weighted by molar-refractivity contribution is 0.0336. The number of aliphatic hydroxyl groups is 1. The third-order valence-electron chi connectivity index (χ3n) is 5.76. The minimum Gasteiger partial charge on any atom is -0.511 e. The summed E-state index contributed by atoms with van der Waals surface area (Å²) in [6, 6.07) is 0. The molecule has 1 unspecified atom stereocenters. The van der Waals surface area contributed by atoms with Crippen LogP contribution in [0.25, 0.3) is 0 Å². The van der Waals surface area contributed by atoms with E-state index >= 15 is 0 Å². The van der Waals surface area contributed by atoms with Gasteiger partial charge in [-0.1, -0.05) is 88.3 Å². The Morgan fingerprint density at radius 3 is 1.75 bits per heavy atom. The molecule has 0 fully saturated rings. The molecule has 1 N–H and O–H groups in total. The van der Waals surface area contributed by atoms with Crippen molar-refractivity contribution in [3.63, 3.8) is 0 Å². The van der Waals surface area contributed by atoms with Crippen molar-refractivity contribution in [3.05, 3.63) is 23.5 Å². The van der Waals surface area contributed by atoms with Crippen LogP contribution in [0.5, 0.6) is 0 Å². The van der Waals surface area contributed by atoms with Crippen LogP contribution in [-0.4, -0.2) is 5.11 Å². The molecule has 0 spiro atoms. The molecule has 24 heavy (non-hydrogen) atoms. The quantitative estimate of drug-likeness (QED) is 0.558. The van der Waals surface area contributed by atoms with E-state index in [0.717, 1.165) is 24.8 Å². The number of rotatable bonds is 4. The highest BCUT2D eigenvalue weighted by Crippen LogP contribution is 2.56. The van der Waals surface area contributed by atoms with E-state index in [9.17, 15) is 5.11 Å². The van der Waals surface area contributed by atoms with Crippen LogP contribution < -0.4 is 0 Å². The molecule has 0 heterocycles. The predicted octanol–water partition coefficient (Wildman–Crippen LogP) is 7.69. The smallest absolute Gasteiger partial charge is 0.103 e. The van der Waals surface area contributed by atoms with Gasteiger partial charge < -0.3 is 5.11 Å².